The number of ether oxygens (including phenoxy) is 1. The largest absolute Gasteiger partial charge is 0.491 e. The van der Waals surface area contributed by atoms with Crippen LogP contribution < -0.4 is 10.1 Å². The normalized spacial score (nSPS) is 11.8. The summed E-state index contributed by atoms with van der Waals surface area (Å²) >= 11 is 3.42. The van der Waals surface area contributed by atoms with Crippen molar-refractivity contribution >= 4 is 21.8 Å². The molecule has 5 heteroatoms. The summed E-state index contributed by atoms with van der Waals surface area (Å²) in [6.07, 6.45) is 1.03. The number of benzene rings is 2. The lowest BCUT2D eigenvalue weighted by Crippen LogP contribution is -2.22. The average molecular weight is 428 g/mol. The first-order valence-corrected chi connectivity index (χ1v) is 9.74. The topological polar surface area (TPSA) is 51.5 Å². The number of nitrogens with one attached hydrogen (secondary N) is 1. The minimum Gasteiger partial charge on any atom is -0.491 e. The number of amides is 1. The minimum atomic E-state index is -0.161. The highest BCUT2D eigenvalue weighted by Crippen LogP contribution is 2.24. The first-order valence-electron chi connectivity index (χ1n) is 8.94. The van der Waals surface area contributed by atoms with E-state index >= 15 is 0 Å². The SMILES string of the molecule is CCC(C)Oc1cccc(C(=O)NCc2ccc(-c3ccc(Br)cc3)o2)c1. The van der Waals surface area contributed by atoms with Gasteiger partial charge in [-0.3, -0.25) is 4.79 Å². The summed E-state index contributed by atoms with van der Waals surface area (Å²) in [4.78, 5) is 12.4. The van der Waals surface area contributed by atoms with Crippen LogP contribution in [0.2, 0.25) is 0 Å². The lowest BCUT2D eigenvalue weighted by atomic mass is 10.2. The van der Waals surface area contributed by atoms with Gasteiger partial charge in [0.1, 0.15) is 17.3 Å². The fourth-order valence-electron chi connectivity index (χ4n) is 2.54. The van der Waals surface area contributed by atoms with Crippen molar-refractivity contribution in [3.05, 3.63) is 76.5 Å². The van der Waals surface area contributed by atoms with E-state index in [0.29, 0.717) is 23.6 Å². The number of carbonyl (C=O) groups is 1. The second-order valence-electron chi connectivity index (χ2n) is 6.32. The van der Waals surface area contributed by atoms with Crippen LogP contribution in [0.1, 0.15) is 36.4 Å². The predicted molar refractivity (Wildman–Crippen MR) is 110 cm³/mol. The third kappa shape index (κ3) is 5.23. The van der Waals surface area contributed by atoms with Crippen molar-refractivity contribution in [2.24, 2.45) is 0 Å². The van der Waals surface area contributed by atoms with Gasteiger partial charge in [-0.05, 0) is 55.8 Å². The fraction of sp³-hybridized carbons (Fsp3) is 0.227. The zero-order chi connectivity index (χ0) is 19.2. The highest BCUT2D eigenvalue weighted by Gasteiger charge is 2.10. The quantitative estimate of drug-likeness (QED) is 0.516. The molecule has 0 aliphatic rings. The van der Waals surface area contributed by atoms with E-state index in [1.807, 2.05) is 55.5 Å². The van der Waals surface area contributed by atoms with Gasteiger partial charge < -0.3 is 14.5 Å². The Morgan fingerprint density at radius 2 is 1.93 bits per heavy atom. The van der Waals surface area contributed by atoms with Crippen LogP contribution in [-0.4, -0.2) is 12.0 Å². The molecule has 0 bridgehead atoms. The van der Waals surface area contributed by atoms with E-state index < -0.39 is 0 Å². The van der Waals surface area contributed by atoms with Gasteiger partial charge >= 0.3 is 0 Å². The Balaban J connectivity index is 1.61. The minimum absolute atomic E-state index is 0.114. The van der Waals surface area contributed by atoms with Crippen molar-refractivity contribution in [3.63, 3.8) is 0 Å². The van der Waals surface area contributed by atoms with E-state index in [1.165, 1.54) is 0 Å². The molecule has 0 aliphatic heterocycles. The number of rotatable bonds is 7. The number of carbonyl (C=O) groups excluding carboxylic acids is 1. The van der Waals surface area contributed by atoms with Crippen LogP contribution in [-0.2, 0) is 6.54 Å². The van der Waals surface area contributed by atoms with Gasteiger partial charge in [0, 0.05) is 15.6 Å². The molecule has 4 nitrogen and oxygen atoms in total. The Morgan fingerprint density at radius 3 is 2.67 bits per heavy atom. The van der Waals surface area contributed by atoms with Crippen molar-refractivity contribution in [1.82, 2.24) is 5.32 Å². The number of hydrogen-bond donors (Lipinski definition) is 1. The Labute approximate surface area is 167 Å². The molecule has 3 aromatic rings. The monoisotopic (exact) mass is 427 g/mol. The molecule has 0 fully saturated rings. The van der Waals surface area contributed by atoms with Crippen LogP contribution in [0.25, 0.3) is 11.3 Å². The molecule has 1 N–H and O–H groups in total. The maximum atomic E-state index is 12.4. The van der Waals surface area contributed by atoms with Gasteiger partial charge in [-0.2, -0.15) is 0 Å². The molecule has 0 saturated carbocycles. The van der Waals surface area contributed by atoms with Crippen molar-refractivity contribution in [2.45, 2.75) is 32.9 Å². The summed E-state index contributed by atoms with van der Waals surface area (Å²) in [5.74, 6) is 2.02. The van der Waals surface area contributed by atoms with E-state index in [4.69, 9.17) is 9.15 Å². The molecule has 1 unspecified atom stereocenters. The molecule has 0 aliphatic carbocycles. The smallest absolute Gasteiger partial charge is 0.251 e. The van der Waals surface area contributed by atoms with Crippen molar-refractivity contribution in [1.29, 1.82) is 0 Å². The van der Waals surface area contributed by atoms with Gasteiger partial charge in [-0.25, -0.2) is 0 Å². The molecule has 140 valence electrons. The highest BCUT2D eigenvalue weighted by molar-refractivity contribution is 9.10. The summed E-state index contributed by atoms with van der Waals surface area (Å²) in [6, 6.07) is 18.9. The van der Waals surface area contributed by atoms with Crippen LogP contribution in [0.5, 0.6) is 5.75 Å². The van der Waals surface area contributed by atoms with Crippen LogP contribution in [0.15, 0.2) is 69.6 Å². The second-order valence-corrected chi connectivity index (χ2v) is 7.24. The molecule has 1 heterocycles. The van der Waals surface area contributed by atoms with Gasteiger partial charge in [-0.15, -0.1) is 0 Å². The van der Waals surface area contributed by atoms with Crippen LogP contribution >= 0.6 is 15.9 Å². The van der Waals surface area contributed by atoms with Gasteiger partial charge in [0.2, 0.25) is 0 Å². The fourth-order valence-corrected chi connectivity index (χ4v) is 2.80. The van der Waals surface area contributed by atoms with E-state index in [1.54, 1.807) is 12.1 Å². The van der Waals surface area contributed by atoms with Crippen LogP contribution in [0, 0.1) is 0 Å². The molecule has 3 rings (SSSR count). The van der Waals surface area contributed by atoms with Crippen LogP contribution in [0.3, 0.4) is 0 Å². The Hall–Kier alpha value is -2.53. The van der Waals surface area contributed by atoms with Gasteiger partial charge in [-0.1, -0.05) is 41.1 Å². The summed E-state index contributed by atoms with van der Waals surface area (Å²) in [5, 5.41) is 2.89. The Kier molecular flexibility index (Phi) is 6.35. The van der Waals surface area contributed by atoms with Crippen molar-refractivity contribution in [3.8, 4) is 17.1 Å². The molecule has 0 saturated heterocycles. The highest BCUT2D eigenvalue weighted by atomic mass is 79.9. The molecule has 2 aromatic carbocycles. The van der Waals surface area contributed by atoms with Gasteiger partial charge in [0.05, 0.1) is 12.6 Å². The molecule has 27 heavy (non-hydrogen) atoms. The van der Waals surface area contributed by atoms with Crippen LogP contribution in [0.4, 0.5) is 0 Å². The first-order chi connectivity index (χ1) is 13.0. The Morgan fingerprint density at radius 1 is 1.15 bits per heavy atom. The van der Waals surface area contributed by atoms with E-state index in [2.05, 4.69) is 28.2 Å². The lowest BCUT2D eigenvalue weighted by Gasteiger charge is -2.13. The number of hydrogen-bond acceptors (Lipinski definition) is 3. The Bertz CT molecular complexity index is 902. The zero-order valence-corrected chi connectivity index (χ0v) is 17.0. The lowest BCUT2D eigenvalue weighted by molar-refractivity contribution is 0.0947. The van der Waals surface area contributed by atoms with Crippen molar-refractivity contribution < 1.29 is 13.9 Å². The molecular formula is C22H22BrNO3. The standard InChI is InChI=1S/C22H22BrNO3/c1-3-15(2)26-19-6-4-5-17(13-19)22(25)24-14-20-11-12-21(27-20)16-7-9-18(23)10-8-16/h4-13,15H,3,14H2,1-2H3,(H,24,25). The molecule has 0 radical (unpaired) electrons. The third-order valence-corrected chi connectivity index (χ3v) is 4.75. The van der Waals surface area contributed by atoms with E-state index in [0.717, 1.165) is 22.2 Å². The number of halogens is 1. The van der Waals surface area contributed by atoms with Gasteiger partial charge in [0.25, 0.3) is 5.91 Å². The molecule has 1 amide bonds. The molecular weight excluding hydrogens is 406 g/mol. The zero-order valence-electron chi connectivity index (χ0n) is 15.4. The van der Waals surface area contributed by atoms with E-state index in [9.17, 15) is 4.79 Å². The summed E-state index contributed by atoms with van der Waals surface area (Å²) < 4.78 is 12.6. The molecule has 1 atom stereocenters. The first kappa shape index (κ1) is 19.2. The summed E-state index contributed by atoms with van der Waals surface area (Å²) in [5.41, 5.74) is 1.56. The molecule has 0 spiro atoms. The summed E-state index contributed by atoms with van der Waals surface area (Å²) in [6.45, 7) is 4.39. The van der Waals surface area contributed by atoms with Crippen molar-refractivity contribution in [2.75, 3.05) is 0 Å². The maximum Gasteiger partial charge on any atom is 0.251 e. The maximum absolute atomic E-state index is 12.4. The average Bonchev–Trinajstić information content (AvgIpc) is 3.15. The molecule has 1 aromatic heterocycles. The van der Waals surface area contributed by atoms with E-state index in [-0.39, 0.29) is 12.0 Å². The number of furan rings is 1. The third-order valence-electron chi connectivity index (χ3n) is 4.22. The summed E-state index contributed by atoms with van der Waals surface area (Å²) in [7, 11) is 0. The second kappa shape index (κ2) is 8.91. The predicted octanol–water partition coefficient (Wildman–Crippen LogP) is 5.82. The van der Waals surface area contributed by atoms with Gasteiger partial charge in [0.15, 0.2) is 0 Å².